The molecule has 0 spiro atoms. The summed E-state index contributed by atoms with van der Waals surface area (Å²) in [7, 11) is 0. The third-order valence-electron chi connectivity index (χ3n) is 6.16. The van der Waals surface area contributed by atoms with E-state index in [1.54, 1.807) is 18.4 Å². The number of fused-ring (bicyclic) bond motifs is 1. The molecule has 1 heterocycles. The molecule has 1 saturated carbocycles. The number of rotatable bonds is 7. The number of benzene rings is 1. The van der Waals surface area contributed by atoms with Crippen LogP contribution in [0.15, 0.2) is 24.3 Å². The molecule has 0 radical (unpaired) electrons. The lowest BCUT2D eigenvalue weighted by atomic mass is 9.81. The average Bonchev–Trinajstić information content (AvgIpc) is 3.00. The molecule has 3 rings (SSSR count). The molecule has 2 aliphatic rings. The Hall–Kier alpha value is -2.35. The van der Waals surface area contributed by atoms with Crippen LogP contribution in [0.1, 0.15) is 52.0 Å². The number of anilines is 1. The Morgan fingerprint density at radius 1 is 1.09 bits per heavy atom. The van der Waals surface area contributed by atoms with Gasteiger partial charge in [-0.3, -0.25) is 19.3 Å². The summed E-state index contributed by atoms with van der Waals surface area (Å²) in [5.74, 6) is -2.17. The summed E-state index contributed by atoms with van der Waals surface area (Å²) >= 11 is 1.35. The van der Waals surface area contributed by atoms with Crippen LogP contribution >= 0.6 is 11.8 Å². The van der Waals surface area contributed by atoms with Gasteiger partial charge >= 0.3 is 5.97 Å². The largest absolute Gasteiger partial charge is 0.454 e. The van der Waals surface area contributed by atoms with Crippen LogP contribution in [0.5, 0.6) is 0 Å². The lowest BCUT2D eigenvalue weighted by Gasteiger charge is -2.24. The van der Waals surface area contributed by atoms with E-state index in [-0.39, 0.29) is 34.8 Å². The number of carbonyl (C=O) groups is 4. The standard InChI is InChI=1S/C24H32N2O5S/c1-24(2,3)15-9-11-16(12-10-15)25-20(27)13-31-23(30)19(14-32-4)26-21(28)17-7-5-6-8-18(17)22(26)29/h9-12,17-19H,5-8,13-14H2,1-4H3,(H,25,27). The lowest BCUT2D eigenvalue weighted by molar-refractivity contribution is -0.158. The fraction of sp³-hybridized carbons (Fsp3) is 0.583. The van der Waals surface area contributed by atoms with Gasteiger partial charge in [-0.15, -0.1) is 0 Å². The van der Waals surface area contributed by atoms with Crippen LogP contribution in [0, 0.1) is 11.8 Å². The molecule has 32 heavy (non-hydrogen) atoms. The minimum absolute atomic E-state index is 0.00627. The molecule has 8 heteroatoms. The van der Waals surface area contributed by atoms with Gasteiger partial charge in [0.25, 0.3) is 5.91 Å². The zero-order valence-electron chi connectivity index (χ0n) is 19.2. The van der Waals surface area contributed by atoms with E-state index >= 15 is 0 Å². The topological polar surface area (TPSA) is 92.8 Å². The number of amides is 3. The number of ether oxygens (including phenoxy) is 1. The Balaban J connectivity index is 1.59. The average molecular weight is 461 g/mol. The van der Waals surface area contributed by atoms with Crippen LogP contribution in [0.3, 0.4) is 0 Å². The molecule has 3 amide bonds. The highest BCUT2D eigenvalue weighted by Crippen LogP contribution is 2.39. The number of hydrogen-bond donors (Lipinski definition) is 1. The summed E-state index contributed by atoms with van der Waals surface area (Å²) in [6, 6.07) is 6.50. The molecule has 0 bridgehead atoms. The molecular weight excluding hydrogens is 428 g/mol. The quantitative estimate of drug-likeness (QED) is 0.495. The molecule has 7 nitrogen and oxygen atoms in total. The predicted octanol–water partition coefficient (Wildman–Crippen LogP) is 3.37. The molecule has 1 aromatic carbocycles. The first-order chi connectivity index (χ1) is 15.1. The van der Waals surface area contributed by atoms with Gasteiger partial charge in [0.15, 0.2) is 6.61 Å². The molecule has 1 saturated heterocycles. The molecule has 1 N–H and O–H groups in total. The van der Waals surface area contributed by atoms with Crippen molar-refractivity contribution < 1.29 is 23.9 Å². The van der Waals surface area contributed by atoms with Crippen molar-refractivity contribution in [3.05, 3.63) is 29.8 Å². The van der Waals surface area contributed by atoms with Crippen molar-refractivity contribution in [3.8, 4) is 0 Å². The van der Waals surface area contributed by atoms with Crippen molar-refractivity contribution in [2.75, 3.05) is 23.9 Å². The third kappa shape index (κ3) is 5.34. The van der Waals surface area contributed by atoms with Gasteiger partial charge in [0.2, 0.25) is 11.8 Å². The van der Waals surface area contributed by atoms with Crippen LogP contribution in [-0.2, 0) is 29.3 Å². The highest BCUT2D eigenvalue weighted by molar-refractivity contribution is 7.98. The van der Waals surface area contributed by atoms with Crippen LogP contribution in [0.2, 0.25) is 0 Å². The fourth-order valence-electron chi connectivity index (χ4n) is 4.38. The van der Waals surface area contributed by atoms with E-state index in [2.05, 4.69) is 26.1 Å². The monoisotopic (exact) mass is 460 g/mol. The van der Waals surface area contributed by atoms with Crippen molar-refractivity contribution in [3.63, 3.8) is 0 Å². The molecule has 2 fully saturated rings. The number of hydrogen-bond acceptors (Lipinski definition) is 6. The SMILES string of the molecule is CSCC(C(=O)OCC(=O)Nc1ccc(C(C)(C)C)cc1)N1C(=O)C2CCCCC2C1=O. The van der Waals surface area contributed by atoms with E-state index in [0.29, 0.717) is 18.5 Å². The molecule has 3 atom stereocenters. The van der Waals surface area contributed by atoms with Crippen molar-refractivity contribution in [2.24, 2.45) is 11.8 Å². The highest BCUT2D eigenvalue weighted by atomic mass is 32.2. The Kier molecular flexibility index (Phi) is 7.64. The second-order valence-corrected chi connectivity index (χ2v) is 10.4. The Morgan fingerprint density at radius 2 is 1.66 bits per heavy atom. The summed E-state index contributed by atoms with van der Waals surface area (Å²) < 4.78 is 5.22. The van der Waals surface area contributed by atoms with Gasteiger partial charge in [-0.2, -0.15) is 11.8 Å². The number of esters is 1. The molecule has 1 aliphatic heterocycles. The second-order valence-electron chi connectivity index (χ2n) is 9.50. The fourth-order valence-corrected chi connectivity index (χ4v) is 4.99. The van der Waals surface area contributed by atoms with Crippen molar-refractivity contribution in [1.82, 2.24) is 4.90 Å². The van der Waals surface area contributed by atoms with Gasteiger partial charge in [-0.05, 0) is 42.2 Å². The first-order valence-electron chi connectivity index (χ1n) is 11.1. The molecular formula is C24H32N2O5S. The Morgan fingerprint density at radius 3 is 2.16 bits per heavy atom. The summed E-state index contributed by atoms with van der Waals surface area (Å²) in [6.07, 6.45) is 5.00. The van der Waals surface area contributed by atoms with Gasteiger partial charge < -0.3 is 10.1 Å². The number of nitrogens with one attached hydrogen (secondary N) is 1. The van der Waals surface area contributed by atoms with E-state index in [9.17, 15) is 19.2 Å². The van der Waals surface area contributed by atoms with E-state index in [1.165, 1.54) is 11.8 Å². The van der Waals surface area contributed by atoms with Crippen LogP contribution < -0.4 is 5.32 Å². The van der Waals surface area contributed by atoms with Crippen molar-refractivity contribution >= 4 is 41.1 Å². The summed E-state index contributed by atoms with van der Waals surface area (Å²) in [4.78, 5) is 51.9. The zero-order chi connectivity index (χ0) is 23.5. The molecule has 3 unspecified atom stereocenters. The molecule has 0 aromatic heterocycles. The summed E-state index contributed by atoms with van der Waals surface area (Å²) in [6.45, 7) is 5.84. The Labute approximate surface area is 193 Å². The van der Waals surface area contributed by atoms with Gasteiger partial charge in [0.05, 0.1) is 11.8 Å². The Bertz CT molecular complexity index is 853. The van der Waals surface area contributed by atoms with E-state index in [1.807, 2.05) is 12.1 Å². The highest BCUT2D eigenvalue weighted by Gasteiger charge is 2.52. The maximum atomic E-state index is 12.9. The smallest absolute Gasteiger partial charge is 0.330 e. The van der Waals surface area contributed by atoms with E-state index < -0.39 is 24.5 Å². The van der Waals surface area contributed by atoms with Gasteiger partial charge in [0, 0.05) is 11.4 Å². The van der Waals surface area contributed by atoms with Gasteiger partial charge in [-0.25, -0.2) is 4.79 Å². The first kappa shape index (κ1) is 24.3. The van der Waals surface area contributed by atoms with Crippen molar-refractivity contribution in [1.29, 1.82) is 0 Å². The van der Waals surface area contributed by atoms with Crippen LogP contribution in [-0.4, -0.2) is 53.2 Å². The summed E-state index contributed by atoms with van der Waals surface area (Å²) in [5, 5.41) is 2.71. The summed E-state index contributed by atoms with van der Waals surface area (Å²) in [5.41, 5.74) is 1.75. The van der Waals surface area contributed by atoms with E-state index in [0.717, 1.165) is 23.3 Å². The van der Waals surface area contributed by atoms with Crippen LogP contribution in [0.25, 0.3) is 0 Å². The molecule has 1 aliphatic carbocycles. The minimum atomic E-state index is -1.01. The third-order valence-corrected chi connectivity index (χ3v) is 6.81. The first-order valence-corrected chi connectivity index (χ1v) is 12.5. The number of nitrogens with zero attached hydrogens (tertiary/aromatic N) is 1. The second kappa shape index (κ2) is 10.1. The lowest BCUT2D eigenvalue weighted by Crippen LogP contribution is -2.48. The van der Waals surface area contributed by atoms with Gasteiger partial charge in [-0.1, -0.05) is 45.7 Å². The molecule has 1 aromatic rings. The minimum Gasteiger partial charge on any atom is -0.454 e. The van der Waals surface area contributed by atoms with Crippen LogP contribution in [0.4, 0.5) is 5.69 Å². The maximum Gasteiger partial charge on any atom is 0.330 e. The van der Waals surface area contributed by atoms with Crippen molar-refractivity contribution in [2.45, 2.75) is 57.9 Å². The van der Waals surface area contributed by atoms with E-state index in [4.69, 9.17) is 4.74 Å². The normalized spacial score (nSPS) is 21.8. The zero-order valence-corrected chi connectivity index (χ0v) is 20.0. The number of thioether (sulfide) groups is 1. The number of carbonyl (C=O) groups excluding carboxylic acids is 4. The predicted molar refractivity (Wildman–Crippen MR) is 124 cm³/mol. The number of likely N-dealkylation sites (tertiary alicyclic amines) is 1. The number of imide groups is 1. The van der Waals surface area contributed by atoms with Gasteiger partial charge in [0.1, 0.15) is 6.04 Å². The molecule has 174 valence electrons. The maximum absolute atomic E-state index is 12.9.